The first-order chi connectivity index (χ1) is 8.20. The maximum absolute atomic E-state index is 6.19. The molecule has 0 aliphatic carbocycles. The van der Waals surface area contributed by atoms with Gasteiger partial charge in [-0.1, -0.05) is 29.3 Å². The molecule has 0 radical (unpaired) electrons. The van der Waals surface area contributed by atoms with Gasteiger partial charge in [0, 0.05) is 34.7 Å². The van der Waals surface area contributed by atoms with Crippen molar-refractivity contribution in [3.63, 3.8) is 0 Å². The summed E-state index contributed by atoms with van der Waals surface area (Å²) in [6.45, 7) is 3.04. The van der Waals surface area contributed by atoms with E-state index in [1.807, 2.05) is 25.2 Å². The summed E-state index contributed by atoms with van der Waals surface area (Å²) in [6.07, 6.45) is 2.48. The molecule has 0 amide bonds. The molecule has 1 heterocycles. The zero-order valence-corrected chi connectivity index (χ0v) is 11.6. The van der Waals surface area contributed by atoms with Gasteiger partial charge in [-0.15, -0.1) is 0 Å². The summed E-state index contributed by atoms with van der Waals surface area (Å²) in [7, 11) is 2.02. The predicted molar refractivity (Wildman–Crippen MR) is 73.8 cm³/mol. The van der Waals surface area contributed by atoms with E-state index in [-0.39, 0.29) is 0 Å². The second-order valence-corrected chi connectivity index (χ2v) is 5.38. The third-order valence-corrected chi connectivity index (χ3v) is 4.07. The summed E-state index contributed by atoms with van der Waals surface area (Å²) >= 11 is 12.4. The Morgan fingerprint density at radius 3 is 2.71 bits per heavy atom. The maximum Gasteiger partial charge on any atom is 0.0465 e. The van der Waals surface area contributed by atoms with Gasteiger partial charge in [-0.05, 0) is 38.6 Å². The predicted octanol–water partition coefficient (Wildman–Crippen LogP) is 3.18. The van der Waals surface area contributed by atoms with E-state index in [1.54, 1.807) is 0 Å². The van der Waals surface area contributed by atoms with Gasteiger partial charge in [-0.3, -0.25) is 4.90 Å². The van der Waals surface area contributed by atoms with Crippen molar-refractivity contribution in [1.29, 1.82) is 0 Å². The number of hydrogen-bond acceptors (Lipinski definition) is 2. The number of rotatable bonds is 3. The number of nitrogens with zero attached hydrogens (tertiary/aromatic N) is 1. The lowest BCUT2D eigenvalue weighted by molar-refractivity contribution is 0.188. The van der Waals surface area contributed by atoms with E-state index in [9.17, 15) is 0 Å². The van der Waals surface area contributed by atoms with Crippen molar-refractivity contribution in [3.8, 4) is 0 Å². The van der Waals surface area contributed by atoms with Crippen molar-refractivity contribution in [3.05, 3.63) is 33.8 Å². The summed E-state index contributed by atoms with van der Waals surface area (Å²) in [5.74, 6) is 0. The van der Waals surface area contributed by atoms with Gasteiger partial charge in [0.25, 0.3) is 0 Å². The van der Waals surface area contributed by atoms with E-state index >= 15 is 0 Å². The van der Waals surface area contributed by atoms with Gasteiger partial charge in [0.1, 0.15) is 0 Å². The van der Waals surface area contributed by atoms with Crippen LogP contribution in [0.4, 0.5) is 0 Å². The normalized spacial score (nSPS) is 21.7. The van der Waals surface area contributed by atoms with Crippen LogP contribution in [0.5, 0.6) is 0 Å². The number of halogens is 2. The lowest BCUT2D eigenvalue weighted by Gasteiger charge is -2.32. The molecule has 2 rings (SSSR count). The molecule has 0 bridgehead atoms. The largest absolute Gasteiger partial charge is 0.316 e. The van der Waals surface area contributed by atoms with Crippen LogP contribution in [0.2, 0.25) is 10.0 Å². The molecular weight excluding hydrogens is 255 g/mol. The van der Waals surface area contributed by atoms with Crippen LogP contribution < -0.4 is 5.32 Å². The smallest absolute Gasteiger partial charge is 0.0465 e. The first-order valence-electron chi connectivity index (χ1n) is 6.03. The zero-order chi connectivity index (χ0) is 12.3. The SMILES string of the molecule is CN[C@@H]1CCCN(Cc2c(Cl)cccc2Cl)C1. The molecule has 17 heavy (non-hydrogen) atoms. The summed E-state index contributed by atoms with van der Waals surface area (Å²) in [4.78, 5) is 2.41. The van der Waals surface area contributed by atoms with Gasteiger partial charge in [0.2, 0.25) is 0 Å². The van der Waals surface area contributed by atoms with Crippen LogP contribution in [0.25, 0.3) is 0 Å². The minimum Gasteiger partial charge on any atom is -0.316 e. The number of likely N-dealkylation sites (tertiary alicyclic amines) is 1. The van der Waals surface area contributed by atoms with E-state index < -0.39 is 0 Å². The maximum atomic E-state index is 6.19. The Bertz CT molecular complexity index is 361. The van der Waals surface area contributed by atoms with Crippen LogP contribution in [0.15, 0.2) is 18.2 Å². The zero-order valence-electron chi connectivity index (χ0n) is 10.0. The Balaban J connectivity index is 2.05. The second-order valence-electron chi connectivity index (χ2n) is 4.56. The average molecular weight is 273 g/mol. The van der Waals surface area contributed by atoms with Crippen molar-refractivity contribution in [2.45, 2.75) is 25.4 Å². The minimum absolute atomic E-state index is 0.588. The highest BCUT2D eigenvalue weighted by atomic mass is 35.5. The molecule has 4 heteroatoms. The van der Waals surface area contributed by atoms with Crippen molar-refractivity contribution in [2.24, 2.45) is 0 Å². The fourth-order valence-corrected chi connectivity index (χ4v) is 2.86. The number of benzene rings is 1. The second kappa shape index (κ2) is 6.05. The molecule has 1 aromatic rings. The number of likely N-dealkylation sites (N-methyl/N-ethyl adjacent to an activating group) is 1. The Labute approximate surface area is 113 Å². The van der Waals surface area contributed by atoms with Crippen LogP contribution in [0.1, 0.15) is 18.4 Å². The van der Waals surface area contributed by atoms with Crippen LogP contribution in [-0.2, 0) is 6.54 Å². The third-order valence-electron chi connectivity index (χ3n) is 3.36. The molecular formula is C13H18Cl2N2. The summed E-state index contributed by atoms with van der Waals surface area (Å²) in [6, 6.07) is 6.29. The monoisotopic (exact) mass is 272 g/mol. The molecule has 1 fully saturated rings. The summed E-state index contributed by atoms with van der Waals surface area (Å²) in [5.41, 5.74) is 1.05. The molecule has 1 aromatic carbocycles. The van der Waals surface area contributed by atoms with E-state index in [4.69, 9.17) is 23.2 Å². The van der Waals surface area contributed by atoms with E-state index in [0.717, 1.165) is 35.2 Å². The van der Waals surface area contributed by atoms with Crippen LogP contribution >= 0.6 is 23.2 Å². The van der Waals surface area contributed by atoms with E-state index in [2.05, 4.69) is 10.2 Å². The number of hydrogen-bond donors (Lipinski definition) is 1. The Morgan fingerprint density at radius 2 is 2.06 bits per heavy atom. The first-order valence-corrected chi connectivity index (χ1v) is 6.79. The molecule has 1 saturated heterocycles. The first kappa shape index (κ1) is 13.2. The van der Waals surface area contributed by atoms with Crippen LogP contribution in [0, 0.1) is 0 Å². The van der Waals surface area contributed by atoms with E-state index in [1.165, 1.54) is 12.8 Å². The van der Waals surface area contributed by atoms with Crippen LogP contribution in [0.3, 0.4) is 0 Å². The van der Waals surface area contributed by atoms with Crippen LogP contribution in [-0.4, -0.2) is 31.1 Å². The molecule has 2 nitrogen and oxygen atoms in total. The van der Waals surface area contributed by atoms with Gasteiger partial charge in [-0.25, -0.2) is 0 Å². The molecule has 1 aliphatic heterocycles. The topological polar surface area (TPSA) is 15.3 Å². The van der Waals surface area contributed by atoms with Gasteiger partial charge < -0.3 is 5.32 Å². The fraction of sp³-hybridized carbons (Fsp3) is 0.538. The Morgan fingerprint density at radius 1 is 1.35 bits per heavy atom. The fourth-order valence-electron chi connectivity index (χ4n) is 2.34. The highest BCUT2D eigenvalue weighted by molar-refractivity contribution is 6.35. The summed E-state index contributed by atoms with van der Waals surface area (Å²) < 4.78 is 0. The van der Waals surface area contributed by atoms with Gasteiger partial charge in [-0.2, -0.15) is 0 Å². The van der Waals surface area contributed by atoms with Crippen molar-refractivity contribution in [1.82, 2.24) is 10.2 Å². The minimum atomic E-state index is 0.588. The summed E-state index contributed by atoms with van der Waals surface area (Å²) in [5, 5.41) is 4.88. The lowest BCUT2D eigenvalue weighted by Crippen LogP contribution is -2.43. The lowest BCUT2D eigenvalue weighted by atomic mass is 10.1. The standard InChI is InChI=1S/C13H18Cl2N2/c1-16-10-4-3-7-17(8-10)9-11-12(14)5-2-6-13(11)15/h2,5-6,10,16H,3-4,7-9H2,1H3/t10-/m1/s1. The quantitative estimate of drug-likeness (QED) is 0.910. The highest BCUT2D eigenvalue weighted by Crippen LogP contribution is 2.26. The molecule has 1 N–H and O–H groups in total. The molecule has 1 aliphatic rings. The number of piperidine rings is 1. The Hall–Kier alpha value is -0.280. The van der Waals surface area contributed by atoms with Gasteiger partial charge in [0.05, 0.1) is 0 Å². The van der Waals surface area contributed by atoms with Crippen molar-refractivity contribution >= 4 is 23.2 Å². The molecule has 1 atom stereocenters. The Kier molecular flexibility index (Phi) is 4.69. The molecule has 0 saturated carbocycles. The third kappa shape index (κ3) is 3.35. The highest BCUT2D eigenvalue weighted by Gasteiger charge is 2.19. The van der Waals surface area contributed by atoms with Crippen molar-refractivity contribution in [2.75, 3.05) is 20.1 Å². The number of nitrogens with one attached hydrogen (secondary N) is 1. The average Bonchev–Trinajstić information content (AvgIpc) is 2.34. The van der Waals surface area contributed by atoms with Gasteiger partial charge >= 0.3 is 0 Å². The van der Waals surface area contributed by atoms with Crippen molar-refractivity contribution < 1.29 is 0 Å². The molecule has 94 valence electrons. The van der Waals surface area contributed by atoms with E-state index in [0.29, 0.717) is 6.04 Å². The molecule has 0 aromatic heterocycles. The molecule has 0 unspecified atom stereocenters. The van der Waals surface area contributed by atoms with Gasteiger partial charge in [0.15, 0.2) is 0 Å². The molecule has 0 spiro atoms.